The highest BCUT2D eigenvalue weighted by atomic mass is 35.5. The molecule has 34 heavy (non-hydrogen) atoms. The minimum absolute atomic E-state index is 0.157. The van der Waals surface area contributed by atoms with Gasteiger partial charge in [-0.1, -0.05) is 59.2 Å². The minimum atomic E-state index is -0.710. The topological polar surface area (TPSA) is 54.3 Å². The summed E-state index contributed by atoms with van der Waals surface area (Å²) in [6.45, 7) is 3.61. The number of oxime groups is 1. The average Bonchev–Trinajstić information content (AvgIpc) is 3.29. The van der Waals surface area contributed by atoms with E-state index in [0.717, 1.165) is 28.2 Å². The van der Waals surface area contributed by atoms with E-state index in [1.165, 1.54) is 12.1 Å². The van der Waals surface area contributed by atoms with Gasteiger partial charge in [-0.15, -0.1) is 0 Å². The van der Waals surface area contributed by atoms with Crippen molar-refractivity contribution in [2.24, 2.45) is 5.16 Å². The molecule has 2 atom stereocenters. The van der Waals surface area contributed by atoms with Gasteiger partial charge in [-0.25, -0.2) is 4.39 Å². The molecule has 0 radical (unpaired) electrons. The summed E-state index contributed by atoms with van der Waals surface area (Å²) in [7, 11) is 0. The van der Waals surface area contributed by atoms with Gasteiger partial charge in [0.05, 0.1) is 5.71 Å². The fourth-order valence-electron chi connectivity index (χ4n) is 3.93. The summed E-state index contributed by atoms with van der Waals surface area (Å²) in [5.74, 6) is 0.480. The van der Waals surface area contributed by atoms with Gasteiger partial charge >= 0.3 is 0 Å². The number of hydrogen-bond donors (Lipinski definition) is 1. The number of benzene rings is 3. The molecule has 0 saturated heterocycles. The molecule has 178 valence electrons. The first-order valence-electron chi connectivity index (χ1n) is 11.3. The Morgan fingerprint density at radius 3 is 2.59 bits per heavy atom. The maximum atomic E-state index is 13.4. The summed E-state index contributed by atoms with van der Waals surface area (Å²) in [4.78, 5) is 7.79. The second-order valence-electron chi connectivity index (χ2n) is 8.53. The van der Waals surface area contributed by atoms with Crippen molar-refractivity contribution < 1.29 is 19.1 Å². The molecular formula is C27H28ClFN2O3. The normalized spacial score (nSPS) is 16.3. The summed E-state index contributed by atoms with van der Waals surface area (Å²) in [5, 5.41) is 15.7. The van der Waals surface area contributed by atoms with Gasteiger partial charge in [0.25, 0.3) is 0 Å². The maximum Gasteiger partial charge on any atom is 0.145 e. The lowest BCUT2D eigenvalue weighted by molar-refractivity contribution is 0.0212. The van der Waals surface area contributed by atoms with Crippen LogP contribution >= 0.6 is 11.6 Å². The zero-order valence-electron chi connectivity index (χ0n) is 19.0. The Hall–Kier alpha value is -2.93. The molecule has 0 aliphatic carbocycles. The summed E-state index contributed by atoms with van der Waals surface area (Å²) < 4.78 is 19.2. The minimum Gasteiger partial charge on any atom is -0.491 e. The summed E-state index contributed by atoms with van der Waals surface area (Å²) in [6, 6.07) is 21.6. The van der Waals surface area contributed by atoms with Crippen molar-refractivity contribution in [3.8, 4) is 5.75 Å². The van der Waals surface area contributed by atoms with Crippen LogP contribution in [0.5, 0.6) is 5.75 Å². The van der Waals surface area contributed by atoms with Gasteiger partial charge in [0.15, 0.2) is 0 Å². The summed E-state index contributed by atoms with van der Waals surface area (Å²) >= 11 is 5.99. The number of halogens is 2. The van der Waals surface area contributed by atoms with E-state index in [2.05, 4.69) is 10.1 Å². The standard InChI is InChI=1S/C27H28ClFN2O3/c1-19-4-2-3-5-27(19)33-18-24(32)16-31(15-20-6-12-23(29)13-7-20)17-25-14-26(30-34-25)21-8-10-22(28)11-9-21/h2-13,24-25,32H,14-18H2,1H3/t24-,25+/m1/s1. The Morgan fingerprint density at radius 2 is 1.85 bits per heavy atom. The van der Waals surface area contributed by atoms with Gasteiger partial charge in [0.2, 0.25) is 0 Å². The largest absolute Gasteiger partial charge is 0.491 e. The fourth-order valence-corrected chi connectivity index (χ4v) is 4.06. The number of rotatable bonds is 10. The maximum absolute atomic E-state index is 13.4. The van der Waals surface area contributed by atoms with Crippen LogP contribution in [0.15, 0.2) is 78.0 Å². The average molecular weight is 483 g/mol. The number of nitrogens with zero attached hydrogens (tertiary/aromatic N) is 2. The van der Waals surface area contributed by atoms with Crippen LogP contribution in [0, 0.1) is 12.7 Å². The van der Waals surface area contributed by atoms with Crippen molar-refractivity contribution in [2.75, 3.05) is 19.7 Å². The number of para-hydroxylation sites is 1. The molecule has 3 aromatic carbocycles. The Morgan fingerprint density at radius 1 is 1.12 bits per heavy atom. The predicted octanol–water partition coefficient (Wildman–Crippen LogP) is 5.22. The third kappa shape index (κ3) is 6.79. The van der Waals surface area contributed by atoms with Crippen LogP contribution in [0.4, 0.5) is 4.39 Å². The van der Waals surface area contributed by atoms with E-state index in [1.807, 2.05) is 55.5 Å². The first-order valence-corrected chi connectivity index (χ1v) is 11.7. The van der Waals surface area contributed by atoms with Gasteiger partial charge in [-0.05, 0) is 53.9 Å². The highest BCUT2D eigenvalue weighted by Gasteiger charge is 2.26. The second kappa shape index (κ2) is 11.5. The van der Waals surface area contributed by atoms with Gasteiger partial charge in [0, 0.05) is 31.1 Å². The van der Waals surface area contributed by atoms with Crippen LogP contribution in [-0.2, 0) is 11.4 Å². The summed E-state index contributed by atoms with van der Waals surface area (Å²) in [6.07, 6.45) is -0.217. The number of aryl methyl sites for hydroxylation is 1. The van der Waals surface area contributed by atoms with E-state index in [4.69, 9.17) is 21.2 Å². The molecule has 4 rings (SSSR count). The first kappa shape index (κ1) is 24.2. The second-order valence-corrected chi connectivity index (χ2v) is 8.96. The Bertz CT molecular complexity index is 1110. The quantitative estimate of drug-likeness (QED) is 0.430. The molecule has 0 unspecified atom stereocenters. The number of aliphatic hydroxyl groups excluding tert-OH is 1. The smallest absolute Gasteiger partial charge is 0.145 e. The van der Waals surface area contributed by atoms with Crippen molar-refractivity contribution in [3.05, 3.63) is 100 Å². The Labute approximate surface area is 204 Å². The molecule has 0 spiro atoms. The Balaban J connectivity index is 1.38. The molecule has 0 aromatic heterocycles. The first-order chi connectivity index (χ1) is 16.5. The third-order valence-corrected chi connectivity index (χ3v) is 5.94. The van der Waals surface area contributed by atoms with Crippen LogP contribution in [0.2, 0.25) is 5.02 Å². The molecule has 0 saturated carbocycles. The van der Waals surface area contributed by atoms with Crippen LogP contribution in [-0.4, -0.2) is 47.6 Å². The number of ether oxygens (including phenoxy) is 1. The van der Waals surface area contributed by atoms with Crippen LogP contribution in [0.25, 0.3) is 0 Å². The predicted molar refractivity (Wildman–Crippen MR) is 132 cm³/mol. The molecule has 3 aromatic rings. The van der Waals surface area contributed by atoms with E-state index in [9.17, 15) is 9.50 Å². The molecule has 1 heterocycles. The van der Waals surface area contributed by atoms with Crippen molar-refractivity contribution in [2.45, 2.75) is 32.1 Å². The lowest BCUT2D eigenvalue weighted by Gasteiger charge is -2.27. The molecule has 7 heteroatoms. The van der Waals surface area contributed by atoms with Crippen LogP contribution in [0.1, 0.15) is 23.1 Å². The van der Waals surface area contributed by atoms with Crippen molar-refractivity contribution in [3.63, 3.8) is 0 Å². The highest BCUT2D eigenvalue weighted by Crippen LogP contribution is 2.21. The van der Waals surface area contributed by atoms with Crippen LogP contribution < -0.4 is 4.74 Å². The lowest BCUT2D eigenvalue weighted by atomic mass is 10.0. The molecule has 1 aliphatic heterocycles. The van der Waals surface area contributed by atoms with E-state index >= 15 is 0 Å². The lowest BCUT2D eigenvalue weighted by Crippen LogP contribution is -2.39. The van der Waals surface area contributed by atoms with Gasteiger partial charge in [-0.3, -0.25) is 4.90 Å². The van der Waals surface area contributed by atoms with Gasteiger partial charge < -0.3 is 14.7 Å². The molecule has 5 nitrogen and oxygen atoms in total. The molecule has 0 fully saturated rings. The van der Waals surface area contributed by atoms with E-state index in [-0.39, 0.29) is 18.5 Å². The van der Waals surface area contributed by atoms with Crippen molar-refractivity contribution >= 4 is 17.3 Å². The highest BCUT2D eigenvalue weighted by molar-refractivity contribution is 6.30. The molecule has 0 bridgehead atoms. The number of aliphatic hydroxyl groups is 1. The third-order valence-electron chi connectivity index (χ3n) is 5.69. The monoisotopic (exact) mass is 482 g/mol. The summed E-state index contributed by atoms with van der Waals surface area (Å²) in [5.41, 5.74) is 3.81. The van der Waals surface area contributed by atoms with Crippen molar-refractivity contribution in [1.29, 1.82) is 0 Å². The zero-order chi connectivity index (χ0) is 23.9. The Kier molecular flexibility index (Phi) is 8.16. The SMILES string of the molecule is Cc1ccccc1OC[C@H](O)CN(Cc1ccc(F)cc1)C[C@@H]1CC(c2ccc(Cl)cc2)=NO1. The van der Waals surface area contributed by atoms with E-state index in [0.29, 0.717) is 31.1 Å². The molecular weight excluding hydrogens is 455 g/mol. The number of hydrogen-bond acceptors (Lipinski definition) is 5. The molecule has 1 aliphatic rings. The zero-order valence-corrected chi connectivity index (χ0v) is 19.8. The fraction of sp³-hybridized carbons (Fsp3) is 0.296. The van der Waals surface area contributed by atoms with E-state index < -0.39 is 6.10 Å². The molecule has 0 amide bonds. The molecule has 1 N–H and O–H groups in total. The van der Waals surface area contributed by atoms with Crippen LogP contribution in [0.3, 0.4) is 0 Å². The van der Waals surface area contributed by atoms with Crippen molar-refractivity contribution in [1.82, 2.24) is 4.90 Å². The van der Waals surface area contributed by atoms with Gasteiger partial charge in [-0.2, -0.15) is 0 Å². The van der Waals surface area contributed by atoms with E-state index in [1.54, 1.807) is 12.1 Å². The van der Waals surface area contributed by atoms with Gasteiger partial charge in [0.1, 0.15) is 30.4 Å².